The number of anilines is 3. The second-order valence-electron chi connectivity index (χ2n) is 12.3. The summed E-state index contributed by atoms with van der Waals surface area (Å²) in [6.07, 6.45) is 9.12. The average molecular weight is 641 g/mol. The fourth-order valence-corrected chi connectivity index (χ4v) is 6.72. The normalized spacial score (nSPS) is 16.0. The monoisotopic (exact) mass is 640 g/mol. The van der Waals surface area contributed by atoms with Crippen molar-refractivity contribution in [1.82, 2.24) is 29.0 Å². The van der Waals surface area contributed by atoms with Crippen molar-refractivity contribution < 1.29 is 18.3 Å². The van der Waals surface area contributed by atoms with E-state index >= 15 is 0 Å². The largest absolute Gasteiger partial charge is 0.396 e. The van der Waals surface area contributed by atoms with Crippen LogP contribution in [0.3, 0.4) is 0 Å². The third kappa shape index (κ3) is 6.59. The van der Waals surface area contributed by atoms with E-state index in [0.29, 0.717) is 52.6 Å². The summed E-state index contributed by atoms with van der Waals surface area (Å²) in [5.74, 6) is 7.67. The molecule has 3 aromatic heterocycles. The summed E-state index contributed by atoms with van der Waals surface area (Å²) in [4.78, 5) is 30.1. The topological polar surface area (TPSA) is 146 Å². The molecule has 4 heterocycles. The number of aromatic nitrogens is 5. The van der Waals surface area contributed by atoms with Crippen LogP contribution in [0.25, 0.3) is 11.4 Å². The lowest BCUT2D eigenvalue weighted by Crippen LogP contribution is -2.40. The van der Waals surface area contributed by atoms with Crippen LogP contribution >= 0.6 is 0 Å². The van der Waals surface area contributed by atoms with Crippen LogP contribution in [0, 0.1) is 17.3 Å². The van der Waals surface area contributed by atoms with Crippen LogP contribution in [0.15, 0.2) is 61.2 Å². The molecule has 0 bridgehead atoms. The smallest absolute Gasteiger partial charge is 0.256 e. The van der Waals surface area contributed by atoms with Crippen molar-refractivity contribution in [3.63, 3.8) is 0 Å². The lowest BCUT2D eigenvalue weighted by Gasteiger charge is -2.39. The Kier molecular flexibility index (Phi) is 8.50. The Morgan fingerprint density at radius 3 is 2.52 bits per heavy atom. The minimum atomic E-state index is -3.50. The van der Waals surface area contributed by atoms with E-state index in [9.17, 15) is 18.3 Å². The highest BCUT2D eigenvalue weighted by Crippen LogP contribution is 2.35. The molecule has 6 rings (SSSR count). The molecule has 0 atom stereocenters. The van der Waals surface area contributed by atoms with Crippen LogP contribution in [0.4, 0.5) is 17.3 Å². The molecular formula is C33H36N8O4S. The van der Waals surface area contributed by atoms with Crippen LogP contribution in [0.1, 0.15) is 54.1 Å². The van der Waals surface area contributed by atoms with E-state index in [4.69, 9.17) is 0 Å². The molecule has 1 amide bonds. The Morgan fingerprint density at radius 1 is 1.07 bits per heavy atom. The summed E-state index contributed by atoms with van der Waals surface area (Å²) in [6, 6.07) is 10.9. The second-order valence-corrected chi connectivity index (χ2v) is 14.3. The zero-order valence-corrected chi connectivity index (χ0v) is 26.8. The summed E-state index contributed by atoms with van der Waals surface area (Å²) in [5, 5.41) is 16.8. The predicted octanol–water partition coefficient (Wildman–Crippen LogP) is 3.52. The number of hydrogen-bond acceptors (Lipinski definition) is 10. The maximum Gasteiger partial charge on any atom is 0.256 e. The van der Waals surface area contributed by atoms with Crippen LogP contribution in [-0.4, -0.2) is 87.5 Å². The first-order valence-electron chi connectivity index (χ1n) is 15.1. The van der Waals surface area contributed by atoms with Crippen molar-refractivity contribution >= 4 is 33.3 Å². The van der Waals surface area contributed by atoms with E-state index in [1.807, 2.05) is 24.3 Å². The number of aliphatic hydroxyl groups excluding tert-OH is 1. The number of aliphatic hydroxyl groups is 1. The Balaban J connectivity index is 1.30. The van der Waals surface area contributed by atoms with Gasteiger partial charge in [-0.1, -0.05) is 30.9 Å². The molecule has 13 heteroatoms. The molecule has 0 spiro atoms. The van der Waals surface area contributed by atoms with E-state index in [2.05, 4.69) is 49.0 Å². The summed E-state index contributed by atoms with van der Waals surface area (Å²) >= 11 is 0. The van der Waals surface area contributed by atoms with Gasteiger partial charge >= 0.3 is 0 Å². The molecule has 1 saturated heterocycles. The SMILES string of the molecule is CN(C)C(=O)c1ccccc1C#Cc1cnc(Nc2ccnc(-c3cnn(S(=O)(=O)C4CC4)c3)n2)cc1N1CCC(C)(CO)CC1. The number of pyridine rings is 1. The molecule has 12 nitrogen and oxygen atoms in total. The molecule has 46 heavy (non-hydrogen) atoms. The van der Waals surface area contributed by atoms with Crippen molar-refractivity contribution in [2.45, 2.75) is 37.9 Å². The molecule has 238 valence electrons. The van der Waals surface area contributed by atoms with E-state index < -0.39 is 10.0 Å². The lowest BCUT2D eigenvalue weighted by molar-refractivity contribution is 0.0827. The molecule has 0 unspecified atom stereocenters. The van der Waals surface area contributed by atoms with Gasteiger partial charge in [0, 0.05) is 57.8 Å². The zero-order chi connectivity index (χ0) is 32.5. The van der Waals surface area contributed by atoms with Gasteiger partial charge in [0.25, 0.3) is 15.9 Å². The molecular weight excluding hydrogens is 604 g/mol. The third-order valence-corrected chi connectivity index (χ3v) is 10.4. The molecule has 0 radical (unpaired) electrons. The molecule has 2 fully saturated rings. The molecule has 1 aliphatic heterocycles. The molecule has 1 aromatic carbocycles. The number of piperidine rings is 1. The van der Waals surface area contributed by atoms with Crippen molar-refractivity contribution in [2.75, 3.05) is 44.0 Å². The van der Waals surface area contributed by atoms with Gasteiger partial charge in [0.15, 0.2) is 5.82 Å². The van der Waals surface area contributed by atoms with Crippen molar-refractivity contribution in [3.8, 4) is 23.2 Å². The minimum absolute atomic E-state index is 0.122. The van der Waals surface area contributed by atoms with Gasteiger partial charge in [-0.3, -0.25) is 4.79 Å². The Hall–Kier alpha value is -4.80. The number of rotatable bonds is 8. The fourth-order valence-electron chi connectivity index (χ4n) is 5.25. The molecule has 2 aliphatic rings. The minimum Gasteiger partial charge on any atom is -0.396 e. The van der Waals surface area contributed by atoms with E-state index in [1.54, 1.807) is 38.6 Å². The Morgan fingerprint density at radius 2 is 1.80 bits per heavy atom. The molecule has 1 aliphatic carbocycles. The first kappa shape index (κ1) is 31.2. The van der Waals surface area contributed by atoms with Crippen LogP contribution < -0.4 is 10.2 Å². The number of carbonyl (C=O) groups excluding carboxylic acids is 1. The van der Waals surface area contributed by atoms with Crippen LogP contribution in [0.5, 0.6) is 0 Å². The van der Waals surface area contributed by atoms with Crippen LogP contribution in [-0.2, 0) is 10.0 Å². The standard InChI is InChI=1S/C33H36N8O4S/c1-33(22-42)13-16-40(17-14-33)28-18-30(35-19-24(28)9-8-23-6-4-5-7-27(23)32(43)39(2)3)37-29-12-15-34-31(38-29)25-20-36-41(21-25)46(44,45)26-10-11-26/h4-7,12,15,18-21,26,42H,10-11,13-14,16-17,22H2,1-3H3,(H,34,35,37,38). The van der Waals surface area contributed by atoms with Gasteiger partial charge < -0.3 is 20.2 Å². The van der Waals surface area contributed by atoms with Gasteiger partial charge in [0.1, 0.15) is 11.6 Å². The van der Waals surface area contributed by atoms with Gasteiger partial charge in [0.2, 0.25) is 0 Å². The van der Waals surface area contributed by atoms with Gasteiger partial charge in [-0.05, 0) is 49.3 Å². The number of nitrogens with one attached hydrogen (secondary N) is 1. The average Bonchev–Trinajstić information content (AvgIpc) is 3.81. The number of hydrogen-bond donors (Lipinski definition) is 2. The van der Waals surface area contributed by atoms with Gasteiger partial charge in [-0.25, -0.2) is 23.4 Å². The van der Waals surface area contributed by atoms with Gasteiger partial charge in [0.05, 0.1) is 40.0 Å². The first-order chi connectivity index (χ1) is 22.1. The molecule has 2 N–H and O–H groups in total. The number of benzene rings is 1. The maximum atomic E-state index is 12.8. The highest BCUT2D eigenvalue weighted by molar-refractivity contribution is 7.90. The van der Waals surface area contributed by atoms with Gasteiger partial charge in [-0.2, -0.15) is 9.19 Å². The van der Waals surface area contributed by atoms with Crippen molar-refractivity contribution in [3.05, 3.63) is 77.9 Å². The fraction of sp³-hybridized carbons (Fsp3) is 0.364. The summed E-state index contributed by atoms with van der Waals surface area (Å²) < 4.78 is 26.2. The zero-order valence-electron chi connectivity index (χ0n) is 26.0. The van der Waals surface area contributed by atoms with Crippen LogP contribution in [0.2, 0.25) is 0 Å². The van der Waals surface area contributed by atoms with E-state index in [-0.39, 0.29) is 23.2 Å². The number of nitrogens with zero attached hydrogens (tertiary/aromatic N) is 7. The van der Waals surface area contributed by atoms with E-state index in [1.165, 1.54) is 17.3 Å². The van der Waals surface area contributed by atoms with Gasteiger partial charge in [-0.15, -0.1) is 0 Å². The quantitative estimate of drug-likeness (QED) is 0.274. The summed E-state index contributed by atoms with van der Waals surface area (Å²) in [5.41, 5.74) is 3.09. The number of carbonyl (C=O) groups is 1. The Bertz CT molecular complexity index is 1930. The number of amides is 1. The van der Waals surface area contributed by atoms with E-state index in [0.717, 1.165) is 35.7 Å². The highest BCUT2D eigenvalue weighted by Gasteiger charge is 2.37. The molecule has 4 aromatic rings. The first-order valence-corrected chi connectivity index (χ1v) is 16.6. The second kappa shape index (κ2) is 12.5. The Labute approximate surface area is 268 Å². The highest BCUT2D eigenvalue weighted by atomic mass is 32.2. The maximum absolute atomic E-state index is 12.8. The van der Waals surface area contributed by atoms with Crippen molar-refractivity contribution in [2.24, 2.45) is 5.41 Å². The van der Waals surface area contributed by atoms with Crippen molar-refractivity contribution in [1.29, 1.82) is 0 Å². The predicted molar refractivity (Wildman–Crippen MR) is 175 cm³/mol. The lowest BCUT2D eigenvalue weighted by atomic mass is 9.81. The third-order valence-electron chi connectivity index (χ3n) is 8.41. The summed E-state index contributed by atoms with van der Waals surface area (Å²) in [7, 11) is -0.0732. The summed E-state index contributed by atoms with van der Waals surface area (Å²) in [6.45, 7) is 3.70. The molecule has 1 saturated carbocycles.